The summed E-state index contributed by atoms with van der Waals surface area (Å²) in [5, 5.41) is 3.00. The Kier molecular flexibility index (Phi) is 2.13. The Bertz CT molecular complexity index is 567. The van der Waals surface area contributed by atoms with Crippen LogP contribution in [0.1, 0.15) is 17.0 Å². The second-order valence-electron chi connectivity index (χ2n) is 3.34. The van der Waals surface area contributed by atoms with Crippen LogP contribution in [0.5, 0.6) is 0 Å². The van der Waals surface area contributed by atoms with Crippen molar-refractivity contribution in [3.63, 3.8) is 0 Å². The fourth-order valence-electron chi connectivity index (χ4n) is 1.35. The number of nitrogens with one attached hydrogen (secondary N) is 1. The molecule has 0 aliphatic rings. The summed E-state index contributed by atoms with van der Waals surface area (Å²) in [6.07, 6.45) is 0. The largest absolute Gasteiger partial charge is 0.293 e. The number of fused-ring (bicyclic) bond motifs is 1. The molecule has 2 rings (SSSR count). The highest BCUT2D eigenvalue weighted by molar-refractivity contribution is 14.1. The van der Waals surface area contributed by atoms with Crippen molar-refractivity contribution in [2.24, 2.45) is 0 Å². The summed E-state index contributed by atoms with van der Waals surface area (Å²) in [5.74, 6) is 0. The van der Waals surface area contributed by atoms with E-state index in [2.05, 4.69) is 32.7 Å². The molecular formula is C9H10IN3O. The lowest BCUT2D eigenvalue weighted by atomic mass is 10.3. The van der Waals surface area contributed by atoms with Gasteiger partial charge in [0.25, 0.3) is 5.56 Å². The summed E-state index contributed by atoms with van der Waals surface area (Å²) >= 11 is 2.19. The lowest BCUT2D eigenvalue weighted by molar-refractivity contribution is 0.859. The van der Waals surface area contributed by atoms with Crippen LogP contribution in [0.4, 0.5) is 0 Å². The average Bonchev–Trinajstić information content (AvgIpc) is 2.42. The number of aryl methyl sites for hydroxylation is 2. The summed E-state index contributed by atoms with van der Waals surface area (Å²) in [4.78, 5) is 16.2. The maximum absolute atomic E-state index is 11.8. The second-order valence-corrected chi connectivity index (χ2v) is 4.42. The number of H-pyrrole nitrogens is 1. The van der Waals surface area contributed by atoms with Gasteiger partial charge in [0.2, 0.25) is 0 Å². The molecule has 14 heavy (non-hydrogen) atoms. The van der Waals surface area contributed by atoms with Gasteiger partial charge in [-0.1, -0.05) is 0 Å². The third kappa shape index (κ3) is 1.18. The fourth-order valence-corrected chi connectivity index (χ4v) is 1.83. The number of nitrogens with zero attached hydrogens (tertiary/aromatic N) is 2. The van der Waals surface area contributed by atoms with Crippen molar-refractivity contribution in [2.45, 2.75) is 20.8 Å². The minimum absolute atomic E-state index is 0.0153. The lowest BCUT2D eigenvalue weighted by Gasteiger charge is -1.98. The summed E-state index contributed by atoms with van der Waals surface area (Å²) in [5.41, 5.74) is 3.17. The first kappa shape index (κ1) is 9.70. The molecule has 0 saturated heterocycles. The van der Waals surface area contributed by atoms with Crippen LogP contribution in [0.15, 0.2) is 4.79 Å². The van der Waals surface area contributed by atoms with Crippen LogP contribution in [0, 0.1) is 24.3 Å². The summed E-state index contributed by atoms with van der Waals surface area (Å²) in [7, 11) is 0. The molecule has 1 N–H and O–H groups in total. The van der Waals surface area contributed by atoms with E-state index in [1.54, 1.807) is 6.92 Å². The summed E-state index contributed by atoms with van der Waals surface area (Å²) in [6, 6.07) is 0. The molecule has 0 aliphatic heterocycles. The van der Waals surface area contributed by atoms with Crippen LogP contribution >= 0.6 is 22.6 Å². The van der Waals surface area contributed by atoms with Crippen molar-refractivity contribution in [1.29, 1.82) is 0 Å². The summed E-state index contributed by atoms with van der Waals surface area (Å²) in [6.45, 7) is 5.58. The van der Waals surface area contributed by atoms with Gasteiger partial charge in [-0.05, 0) is 43.4 Å². The first-order valence-corrected chi connectivity index (χ1v) is 5.34. The van der Waals surface area contributed by atoms with E-state index in [-0.39, 0.29) is 5.56 Å². The molecule has 0 saturated carbocycles. The van der Waals surface area contributed by atoms with Crippen LogP contribution in [-0.4, -0.2) is 14.6 Å². The Morgan fingerprint density at radius 3 is 2.64 bits per heavy atom. The molecule has 0 unspecified atom stereocenters. The molecule has 74 valence electrons. The Labute approximate surface area is 94.5 Å². The van der Waals surface area contributed by atoms with E-state index in [1.807, 2.05) is 13.8 Å². The van der Waals surface area contributed by atoms with Crippen molar-refractivity contribution < 1.29 is 0 Å². The zero-order valence-electron chi connectivity index (χ0n) is 8.18. The maximum Gasteiger partial charge on any atom is 0.275 e. The van der Waals surface area contributed by atoms with Gasteiger partial charge in [0.1, 0.15) is 0 Å². The van der Waals surface area contributed by atoms with E-state index in [4.69, 9.17) is 0 Å². The first-order valence-electron chi connectivity index (χ1n) is 4.26. The predicted molar refractivity (Wildman–Crippen MR) is 62.7 cm³/mol. The molecule has 2 heterocycles. The van der Waals surface area contributed by atoms with Gasteiger partial charge in [-0.2, -0.15) is 0 Å². The highest BCUT2D eigenvalue weighted by Crippen LogP contribution is 2.14. The quantitative estimate of drug-likeness (QED) is 0.751. The molecule has 2 aromatic rings. The van der Waals surface area contributed by atoms with Crippen LogP contribution in [0.3, 0.4) is 0 Å². The van der Waals surface area contributed by atoms with Gasteiger partial charge in [0, 0.05) is 17.0 Å². The predicted octanol–water partition coefficient (Wildman–Crippen LogP) is 1.55. The lowest BCUT2D eigenvalue weighted by Crippen LogP contribution is -2.19. The van der Waals surface area contributed by atoms with Gasteiger partial charge in [-0.3, -0.25) is 9.89 Å². The third-order valence-electron chi connectivity index (χ3n) is 2.36. The molecule has 0 atom stereocenters. The van der Waals surface area contributed by atoms with Crippen LogP contribution in [0.2, 0.25) is 0 Å². The number of halogens is 1. The highest BCUT2D eigenvalue weighted by atomic mass is 127. The minimum Gasteiger partial charge on any atom is -0.293 e. The monoisotopic (exact) mass is 303 g/mol. The van der Waals surface area contributed by atoms with Gasteiger partial charge >= 0.3 is 0 Å². The average molecular weight is 303 g/mol. The summed E-state index contributed by atoms with van der Waals surface area (Å²) < 4.78 is 2.50. The molecule has 0 fully saturated rings. The van der Waals surface area contributed by atoms with Crippen LogP contribution < -0.4 is 5.56 Å². The van der Waals surface area contributed by atoms with Crippen LogP contribution in [-0.2, 0) is 0 Å². The standard InChI is InChI=1S/C9H10IN3O/c1-4-5(2)11-8-7(10)6(3)12-13(8)9(4)14/h12H,1-3H3. The van der Waals surface area contributed by atoms with E-state index in [9.17, 15) is 4.79 Å². The van der Waals surface area contributed by atoms with Gasteiger partial charge in [0.05, 0.1) is 3.57 Å². The molecule has 0 aromatic carbocycles. The van der Waals surface area contributed by atoms with Crippen molar-refractivity contribution in [2.75, 3.05) is 0 Å². The zero-order valence-corrected chi connectivity index (χ0v) is 10.3. The van der Waals surface area contributed by atoms with Gasteiger partial charge < -0.3 is 0 Å². The molecule has 4 nitrogen and oxygen atoms in total. The number of rotatable bonds is 0. The SMILES string of the molecule is Cc1nc2c(I)c(C)[nH]n2c(=O)c1C. The van der Waals surface area contributed by atoms with Crippen LogP contribution in [0.25, 0.3) is 5.65 Å². The molecule has 5 heteroatoms. The molecule has 0 radical (unpaired) electrons. The molecule has 0 spiro atoms. The maximum atomic E-state index is 11.8. The second kappa shape index (κ2) is 3.08. The third-order valence-corrected chi connectivity index (χ3v) is 3.65. The molecular weight excluding hydrogens is 293 g/mol. The molecule has 0 bridgehead atoms. The van der Waals surface area contributed by atoms with Gasteiger partial charge in [-0.25, -0.2) is 9.50 Å². The molecule has 0 amide bonds. The number of hydrogen-bond donors (Lipinski definition) is 1. The van der Waals surface area contributed by atoms with E-state index >= 15 is 0 Å². The van der Waals surface area contributed by atoms with E-state index < -0.39 is 0 Å². The normalized spacial score (nSPS) is 11.1. The Morgan fingerprint density at radius 2 is 2.00 bits per heavy atom. The fraction of sp³-hybridized carbons (Fsp3) is 0.333. The molecule has 0 aliphatic carbocycles. The van der Waals surface area contributed by atoms with Crippen molar-refractivity contribution >= 4 is 28.2 Å². The smallest absolute Gasteiger partial charge is 0.275 e. The Balaban J connectivity index is 3.06. The van der Waals surface area contributed by atoms with Gasteiger partial charge in [-0.15, -0.1) is 0 Å². The Hall–Kier alpha value is -0.850. The van der Waals surface area contributed by atoms with Crippen molar-refractivity contribution in [3.8, 4) is 0 Å². The van der Waals surface area contributed by atoms with E-state index in [0.717, 1.165) is 20.6 Å². The first-order chi connectivity index (χ1) is 6.52. The zero-order chi connectivity index (χ0) is 10.5. The topological polar surface area (TPSA) is 50.2 Å². The Morgan fingerprint density at radius 1 is 1.36 bits per heavy atom. The number of aromatic amines is 1. The molecule has 2 aromatic heterocycles. The van der Waals surface area contributed by atoms with Crippen molar-refractivity contribution in [1.82, 2.24) is 14.6 Å². The highest BCUT2D eigenvalue weighted by Gasteiger charge is 2.11. The number of hydrogen-bond acceptors (Lipinski definition) is 2. The number of aromatic nitrogens is 3. The minimum atomic E-state index is -0.0153. The van der Waals surface area contributed by atoms with Crippen molar-refractivity contribution in [3.05, 3.63) is 30.9 Å². The van der Waals surface area contributed by atoms with E-state index in [0.29, 0.717) is 5.56 Å². The van der Waals surface area contributed by atoms with E-state index in [1.165, 1.54) is 4.52 Å². The van der Waals surface area contributed by atoms with Gasteiger partial charge in [0.15, 0.2) is 5.65 Å².